The van der Waals surface area contributed by atoms with E-state index in [0.717, 1.165) is 34.6 Å². The number of aliphatic hydroxyl groups excluding tert-OH is 1. The van der Waals surface area contributed by atoms with E-state index in [1.807, 2.05) is 25.4 Å². The first-order valence-corrected chi connectivity index (χ1v) is 10.3. The number of hydrogen-bond donors (Lipinski definition) is 4. The maximum absolute atomic E-state index is 12.8. The van der Waals surface area contributed by atoms with Gasteiger partial charge in [0, 0.05) is 54.9 Å². The number of carbonyl (C=O) groups is 1. The number of aromatic nitrogens is 2. The van der Waals surface area contributed by atoms with Crippen LogP contribution in [-0.4, -0.2) is 58.0 Å². The van der Waals surface area contributed by atoms with Crippen molar-refractivity contribution in [1.29, 1.82) is 0 Å². The van der Waals surface area contributed by atoms with Crippen molar-refractivity contribution in [3.63, 3.8) is 0 Å². The van der Waals surface area contributed by atoms with Gasteiger partial charge in [0.25, 0.3) is 5.91 Å². The molecule has 144 valence electrons. The summed E-state index contributed by atoms with van der Waals surface area (Å²) in [5.74, 6) is 0.790. The first kappa shape index (κ1) is 18.3. The molecule has 0 aliphatic carbocycles. The number of anilines is 1. The molecule has 27 heavy (non-hydrogen) atoms. The number of thioether (sulfide) groups is 1. The largest absolute Gasteiger partial charge is 0.392 e. The molecule has 4 rings (SSSR count). The maximum Gasteiger partial charge on any atom is 0.259 e. The fourth-order valence-electron chi connectivity index (χ4n) is 3.76. The van der Waals surface area contributed by atoms with Gasteiger partial charge in [0.15, 0.2) is 0 Å². The highest BCUT2D eigenvalue weighted by atomic mass is 32.2. The third kappa shape index (κ3) is 3.69. The quantitative estimate of drug-likeness (QED) is 0.635. The van der Waals surface area contributed by atoms with Crippen LogP contribution >= 0.6 is 11.8 Å². The van der Waals surface area contributed by atoms with Crippen LogP contribution in [0.1, 0.15) is 18.9 Å². The third-order valence-electron chi connectivity index (χ3n) is 5.25. The molecule has 4 N–H and O–H groups in total. The number of amides is 1. The average Bonchev–Trinajstić information content (AvgIpc) is 3.28. The SMILES string of the molecule is Cc1c[nH]c2nccc(N3C=C(C(=O)NC(C)[C@H]4C[C@@H](O)CN4)SCC3)c12. The van der Waals surface area contributed by atoms with Crippen LogP contribution in [0.5, 0.6) is 0 Å². The van der Waals surface area contributed by atoms with Crippen molar-refractivity contribution < 1.29 is 9.90 Å². The first-order chi connectivity index (χ1) is 13.0. The lowest BCUT2D eigenvalue weighted by molar-refractivity contribution is -0.117. The molecule has 3 atom stereocenters. The summed E-state index contributed by atoms with van der Waals surface area (Å²) in [4.78, 5) is 23.2. The van der Waals surface area contributed by atoms with Crippen molar-refractivity contribution in [2.45, 2.75) is 38.5 Å². The molecule has 0 aromatic carbocycles. The summed E-state index contributed by atoms with van der Waals surface area (Å²) in [6.45, 7) is 5.47. The Morgan fingerprint density at radius 1 is 1.52 bits per heavy atom. The van der Waals surface area contributed by atoms with Crippen molar-refractivity contribution in [2.24, 2.45) is 0 Å². The van der Waals surface area contributed by atoms with Gasteiger partial charge in [0.05, 0.1) is 16.7 Å². The minimum absolute atomic E-state index is 0.0360. The molecule has 2 aromatic rings. The Morgan fingerprint density at radius 2 is 2.37 bits per heavy atom. The van der Waals surface area contributed by atoms with E-state index in [2.05, 4.69) is 32.4 Å². The highest BCUT2D eigenvalue weighted by Gasteiger charge is 2.29. The Kier molecular flexibility index (Phi) is 5.12. The van der Waals surface area contributed by atoms with Crippen LogP contribution in [0.15, 0.2) is 29.6 Å². The van der Waals surface area contributed by atoms with Crippen molar-refractivity contribution >= 4 is 34.4 Å². The van der Waals surface area contributed by atoms with Crippen molar-refractivity contribution in [3.05, 3.63) is 35.1 Å². The van der Waals surface area contributed by atoms with Gasteiger partial charge < -0.3 is 25.6 Å². The summed E-state index contributed by atoms with van der Waals surface area (Å²) in [6, 6.07) is 2.07. The second-order valence-electron chi connectivity index (χ2n) is 7.23. The summed E-state index contributed by atoms with van der Waals surface area (Å²) in [5.41, 5.74) is 3.07. The number of rotatable bonds is 4. The zero-order valence-corrected chi connectivity index (χ0v) is 16.3. The molecule has 1 unspecified atom stereocenters. The standard InChI is InChI=1S/C19H25N5O2S/c1-11-8-22-18-17(11)15(3-4-20-18)24-5-6-27-16(10-24)19(26)23-12(2)14-7-13(25)9-21-14/h3-4,8,10,12-14,21,25H,5-7,9H2,1-2H3,(H,20,22)(H,23,26)/t12?,13-,14-/m1/s1. The van der Waals surface area contributed by atoms with Crippen LogP contribution in [0.25, 0.3) is 11.0 Å². The molecule has 4 heterocycles. The van der Waals surface area contributed by atoms with E-state index in [4.69, 9.17) is 0 Å². The van der Waals surface area contributed by atoms with E-state index in [0.29, 0.717) is 17.9 Å². The monoisotopic (exact) mass is 387 g/mol. The van der Waals surface area contributed by atoms with Gasteiger partial charge in [-0.25, -0.2) is 4.98 Å². The smallest absolute Gasteiger partial charge is 0.259 e. The minimum Gasteiger partial charge on any atom is -0.392 e. The summed E-state index contributed by atoms with van der Waals surface area (Å²) in [7, 11) is 0. The number of aryl methyl sites for hydroxylation is 1. The number of fused-ring (bicyclic) bond motifs is 1. The lowest BCUT2D eigenvalue weighted by Crippen LogP contribution is -2.46. The predicted molar refractivity (Wildman–Crippen MR) is 109 cm³/mol. The molecule has 2 aliphatic heterocycles. The topological polar surface area (TPSA) is 93.3 Å². The molecule has 0 bridgehead atoms. The van der Waals surface area contributed by atoms with Gasteiger partial charge in [0.1, 0.15) is 5.65 Å². The van der Waals surface area contributed by atoms with E-state index in [-0.39, 0.29) is 24.1 Å². The van der Waals surface area contributed by atoms with Gasteiger partial charge in [-0.3, -0.25) is 4.79 Å². The number of hydrogen-bond acceptors (Lipinski definition) is 6. The van der Waals surface area contributed by atoms with Crippen molar-refractivity contribution in [3.8, 4) is 0 Å². The normalized spacial score (nSPS) is 24.1. The van der Waals surface area contributed by atoms with Gasteiger partial charge in [-0.15, -0.1) is 11.8 Å². The summed E-state index contributed by atoms with van der Waals surface area (Å²) in [6.07, 6.45) is 6.03. The predicted octanol–water partition coefficient (Wildman–Crippen LogP) is 1.49. The van der Waals surface area contributed by atoms with Crippen LogP contribution < -0.4 is 15.5 Å². The number of aliphatic hydroxyl groups is 1. The van der Waals surface area contributed by atoms with E-state index in [9.17, 15) is 9.90 Å². The molecular formula is C19H25N5O2S. The lowest BCUT2D eigenvalue weighted by atomic mass is 10.1. The first-order valence-electron chi connectivity index (χ1n) is 9.29. The zero-order chi connectivity index (χ0) is 19.0. The summed E-state index contributed by atoms with van der Waals surface area (Å²) in [5, 5.41) is 17.1. The molecule has 1 saturated heterocycles. The number of carbonyl (C=O) groups excluding carboxylic acids is 1. The van der Waals surface area contributed by atoms with Gasteiger partial charge >= 0.3 is 0 Å². The number of nitrogens with zero attached hydrogens (tertiary/aromatic N) is 2. The molecule has 0 spiro atoms. The highest BCUT2D eigenvalue weighted by molar-refractivity contribution is 8.04. The summed E-state index contributed by atoms with van der Waals surface area (Å²) < 4.78 is 0. The number of aromatic amines is 1. The molecule has 0 radical (unpaired) electrons. The molecular weight excluding hydrogens is 362 g/mol. The molecule has 2 aromatic heterocycles. The zero-order valence-electron chi connectivity index (χ0n) is 15.5. The van der Waals surface area contributed by atoms with Gasteiger partial charge in [-0.2, -0.15) is 0 Å². The van der Waals surface area contributed by atoms with Crippen LogP contribution in [0.3, 0.4) is 0 Å². The second kappa shape index (κ2) is 7.53. The van der Waals surface area contributed by atoms with Crippen molar-refractivity contribution in [1.82, 2.24) is 20.6 Å². The van der Waals surface area contributed by atoms with Crippen LogP contribution in [0, 0.1) is 6.92 Å². The van der Waals surface area contributed by atoms with Gasteiger partial charge in [-0.05, 0) is 31.9 Å². The number of pyridine rings is 1. The molecule has 1 fully saturated rings. The molecule has 7 nitrogen and oxygen atoms in total. The average molecular weight is 388 g/mol. The Hall–Kier alpha value is -2.03. The molecule has 0 saturated carbocycles. The van der Waals surface area contributed by atoms with Crippen LogP contribution in [0.4, 0.5) is 5.69 Å². The second-order valence-corrected chi connectivity index (χ2v) is 8.36. The number of nitrogens with one attached hydrogen (secondary N) is 3. The fraction of sp³-hybridized carbons (Fsp3) is 0.474. The lowest BCUT2D eigenvalue weighted by Gasteiger charge is -2.28. The number of H-pyrrole nitrogens is 1. The maximum atomic E-state index is 12.8. The Morgan fingerprint density at radius 3 is 3.15 bits per heavy atom. The Bertz CT molecular complexity index is 880. The molecule has 1 amide bonds. The van der Waals surface area contributed by atoms with Gasteiger partial charge in [0.2, 0.25) is 0 Å². The van der Waals surface area contributed by atoms with Crippen LogP contribution in [0.2, 0.25) is 0 Å². The minimum atomic E-state index is -0.327. The molecule has 2 aliphatic rings. The van der Waals surface area contributed by atoms with E-state index in [1.54, 1.807) is 18.0 Å². The van der Waals surface area contributed by atoms with Gasteiger partial charge in [-0.1, -0.05) is 0 Å². The van der Waals surface area contributed by atoms with Crippen molar-refractivity contribution in [2.75, 3.05) is 23.7 Å². The van der Waals surface area contributed by atoms with Crippen LogP contribution in [-0.2, 0) is 4.79 Å². The fourth-order valence-corrected chi connectivity index (χ4v) is 4.66. The number of β-amino-alcohol motifs (C(OH)–C–C–N with tert-alkyl or cyclic N) is 1. The Labute approximate surface area is 162 Å². The van der Waals surface area contributed by atoms with E-state index >= 15 is 0 Å². The highest BCUT2D eigenvalue weighted by Crippen LogP contribution is 2.32. The molecule has 8 heteroatoms. The van der Waals surface area contributed by atoms with E-state index in [1.165, 1.54) is 0 Å². The Balaban J connectivity index is 1.52. The van der Waals surface area contributed by atoms with E-state index < -0.39 is 0 Å². The third-order valence-corrected chi connectivity index (χ3v) is 6.24. The summed E-state index contributed by atoms with van der Waals surface area (Å²) >= 11 is 1.58.